The predicted octanol–water partition coefficient (Wildman–Crippen LogP) is 2.05. The lowest BCUT2D eigenvalue weighted by molar-refractivity contribution is -0.173. The fourth-order valence-electron chi connectivity index (χ4n) is 1.57. The molecule has 0 fully saturated rings. The first-order valence-electron chi connectivity index (χ1n) is 5.41. The first kappa shape index (κ1) is 13.1. The summed E-state index contributed by atoms with van der Waals surface area (Å²) < 4.78 is 37.8. The topological polar surface area (TPSA) is 46.9 Å². The zero-order valence-electron chi connectivity index (χ0n) is 9.69. The number of amides is 1. The van der Waals surface area contributed by atoms with Crippen LogP contribution >= 0.6 is 0 Å². The van der Waals surface area contributed by atoms with E-state index in [0.717, 1.165) is 0 Å². The molecule has 0 saturated heterocycles. The van der Waals surface area contributed by atoms with Crippen molar-refractivity contribution in [2.24, 2.45) is 0 Å². The van der Waals surface area contributed by atoms with Gasteiger partial charge in [0.25, 0.3) is 0 Å². The van der Waals surface area contributed by atoms with Crippen LogP contribution in [0.2, 0.25) is 0 Å². The van der Waals surface area contributed by atoms with Gasteiger partial charge in [-0.2, -0.15) is 18.3 Å². The molecule has 0 spiro atoms. The molecule has 4 nitrogen and oxygen atoms in total. The summed E-state index contributed by atoms with van der Waals surface area (Å²) in [5.41, 5.74) is 1.17. The van der Waals surface area contributed by atoms with Gasteiger partial charge in [-0.15, -0.1) is 0 Å². The van der Waals surface area contributed by atoms with Crippen LogP contribution in [0, 0.1) is 0 Å². The molecule has 19 heavy (non-hydrogen) atoms. The largest absolute Gasteiger partial charge is 0.471 e. The molecule has 2 rings (SSSR count). The number of nitrogens with one attached hydrogen (secondary N) is 1. The molecule has 1 amide bonds. The molecule has 0 unspecified atom stereocenters. The van der Waals surface area contributed by atoms with Crippen molar-refractivity contribution in [1.82, 2.24) is 15.1 Å². The van der Waals surface area contributed by atoms with E-state index in [1.807, 2.05) is 5.32 Å². The van der Waals surface area contributed by atoms with E-state index in [0.29, 0.717) is 11.3 Å². The van der Waals surface area contributed by atoms with Crippen molar-refractivity contribution in [1.29, 1.82) is 0 Å². The van der Waals surface area contributed by atoms with Crippen LogP contribution in [0.4, 0.5) is 13.2 Å². The van der Waals surface area contributed by atoms with E-state index in [-0.39, 0.29) is 6.54 Å². The molecule has 1 aromatic carbocycles. The van der Waals surface area contributed by atoms with Crippen molar-refractivity contribution in [2.45, 2.75) is 12.7 Å². The highest BCUT2D eigenvalue weighted by Crippen LogP contribution is 2.16. The number of hydrogen-bond donors (Lipinski definition) is 1. The van der Waals surface area contributed by atoms with Crippen LogP contribution in [0.3, 0.4) is 0 Å². The van der Waals surface area contributed by atoms with Gasteiger partial charge in [-0.25, -0.2) is 4.68 Å². The molecule has 0 bridgehead atoms. The van der Waals surface area contributed by atoms with Crippen LogP contribution in [0.1, 0.15) is 5.56 Å². The average Bonchev–Trinajstić information content (AvgIpc) is 2.88. The van der Waals surface area contributed by atoms with Crippen molar-refractivity contribution < 1.29 is 18.0 Å². The van der Waals surface area contributed by atoms with Gasteiger partial charge in [0.1, 0.15) is 0 Å². The maximum atomic E-state index is 12.1. The van der Waals surface area contributed by atoms with Gasteiger partial charge >= 0.3 is 12.1 Å². The predicted molar refractivity (Wildman–Crippen MR) is 61.5 cm³/mol. The average molecular weight is 269 g/mol. The molecule has 100 valence electrons. The Bertz CT molecular complexity index is 564. The molecular weight excluding hydrogens is 259 g/mol. The van der Waals surface area contributed by atoms with Crippen molar-refractivity contribution in [3.63, 3.8) is 0 Å². The fourth-order valence-corrected chi connectivity index (χ4v) is 1.57. The summed E-state index contributed by atoms with van der Waals surface area (Å²) >= 11 is 0. The Morgan fingerprint density at radius 1 is 1.26 bits per heavy atom. The summed E-state index contributed by atoms with van der Waals surface area (Å²) in [4.78, 5) is 10.8. The second-order valence-electron chi connectivity index (χ2n) is 3.76. The van der Waals surface area contributed by atoms with E-state index in [2.05, 4.69) is 5.10 Å². The summed E-state index contributed by atoms with van der Waals surface area (Å²) in [6.45, 7) is -0.214. The molecule has 2 aromatic rings. The standard InChI is InChI=1S/C12H10F3N3O/c13-12(14,15)11(19)16-8-9-4-1-2-5-10(9)18-7-3-6-17-18/h1-7H,8H2,(H,16,19). The first-order valence-corrected chi connectivity index (χ1v) is 5.41. The van der Waals surface area contributed by atoms with Gasteiger partial charge in [-0.3, -0.25) is 4.79 Å². The van der Waals surface area contributed by atoms with Gasteiger partial charge in [-0.05, 0) is 17.7 Å². The molecule has 7 heteroatoms. The number of benzene rings is 1. The van der Waals surface area contributed by atoms with Crippen molar-refractivity contribution in [2.75, 3.05) is 0 Å². The van der Waals surface area contributed by atoms with Crippen molar-refractivity contribution in [3.05, 3.63) is 48.3 Å². The minimum atomic E-state index is -4.87. The number of carbonyl (C=O) groups is 1. The Morgan fingerprint density at radius 2 is 2.00 bits per heavy atom. The number of hydrogen-bond acceptors (Lipinski definition) is 2. The Kier molecular flexibility index (Phi) is 3.55. The second kappa shape index (κ2) is 5.13. The van der Waals surface area contributed by atoms with Crippen LogP contribution in [0.25, 0.3) is 5.69 Å². The summed E-state index contributed by atoms with van der Waals surface area (Å²) in [6, 6.07) is 8.47. The normalized spacial score (nSPS) is 11.3. The highest BCUT2D eigenvalue weighted by molar-refractivity contribution is 5.81. The van der Waals surface area contributed by atoms with Crippen molar-refractivity contribution in [3.8, 4) is 5.69 Å². The van der Waals surface area contributed by atoms with E-state index in [4.69, 9.17) is 0 Å². The van der Waals surface area contributed by atoms with Gasteiger partial charge in [-0.1, -0.05) is 18.2 Å². The SMILES string of the molecule is O=C(NCc1ccccc1-n1cccn1)C(F)(F)F. The lowest BCUT2D eigenvalue weighted by atomic mass is 10.2. The maximum Gasteiger partial charge on any atom is 0.471 e. The summed E-state index contributed by atoms with van der Waals surface area (Å²) in [7, 11) is 0. The molecular formula is C12H10F3N3O. The zero-order chi connectivity index (χ0) is 13.9. The van der Waals surface area contributed by atoms with Crippen LogP contribution in [0.15, 0.2) is 42.7 Å². The number of aromatic nitrogens is 2. The highest BCUT2D eigenvalue weighted by atomic mass is 19.4. The molecule has 1 heterocycles. The lowest BCUT2D eigenvalue weighted by Crippen LogP contribution is -2.36. The second-order valence-corrected chi connectivity index (χ2v) is 3.76. The van der Waals surface area contributed by atoms with Crippen molar-refractivity contribution >= 4 is 5.91 Å². The van der Waals surface area contributed by atoms with Crippen LogP contribution in [-0.2, 0) is 11.3 Å². The first-order chi connectivity index (χ1) is 8.98. The third-order valence-electron chi connectivity index (χ3n) is 2.44. The fraction of sp³-hybridized carbons (Fsp3) is 0.167. The molecule has 0 aliphatic heterocycles. The maximum absolute atomic E-state index is 12.1. The summed E-state index contributed by atoms with van der Waals surface area (Å²) in [5.74, 6) is -1.96. The van der Waals surface area contributed by atoms with Gasteiger partial charge in [0.15, 0.2) is 0 Å². The zero-order valence-corrected chi connectivity index (χ0v) is 9.69. The highest BCUT2D eigenvalue weighted by Gasteiger charge is 2.38. The number of halogens is 3. The minimum Gasteiger partial charge on any atom is -0.344 e. The van der Waals surface area contributed by atoms with Gasteiger partial charge in [0, 0.05) is 18.9 Å². The Hall–Kier alpha value is -2.31. The summed E-state index contributed by atoms with van der Waals surface area (Å²) in [5, 5.41) is 5.84. The molecule has 0 saturated carbocycles. The third kappa shape index (κ3) is 3.12. The van der Waals surface area contributed by atoms with Gasteiger partial charge in [0.2, 0.25) is 0 Å². The van der Waals surface area contributed by atoms with Gasteiger partial charge in [0.05, 0.1) is 5.69 Å². The number of rotatable bonds is 3. The number of alkyl halides is 3. The lowest BCUT2D eigenvalue weighted by Gasteiger charge is -2.11. The van der Waals surface area contributed by atoms with E-state index in [1.54, 1.807) is 42.7 Å². The monoisotopic (exact) mass is 269 g/mol. The number of carbonyl (C=O) groups excluding carboxylic acids is 1. The van der Waals surface area contributed by atoms with Crippen LogP contribution in [0.5, 0.6) is 0 Å². The molecule has 1 aromatic heterocycles. The Balaban J connectivity index is 2.16. The molecule has 1 N–H and O–H groups in total. The molecule has 0 radical (unpaired) electrons. The molecule has 0 aliphatic rings. The van der Waals surface area contributed by atoms with E-state index in [1.165, 1.54) is 4.68 Å². The minimum absolute atomic E-state index is 0.214. The van der Waals surface area contributed by atoms with E-state index < -0.39 is 12.1 Å². The Morgan fingerprint density at radius 3 is 2.63 bits per heavy atom. The number of para-hydroxylation sites is 1. The van der Waals surface area contributed by atoms with E-state index in [9.17, 15) is 18.0 Å². The van der Waals surface area contributed by atoms with Crippen LogP contribution < -0.4 is 5.32 Å². The Labute approximate surface area is 106 Å². The van der Waals surface area contributed by atoms with Gasteiger partial charge < -0.3 is 5.32 Å². The molecule has 0 aliphatic carbocycles. The third-order valence-corrected chi connectivity index (χ3v) is 2.44. The number of nitrogens with zero attached hydrogens (tertiary/aromatic N) is 2. The molecule has 0 atom stereocenters. The van der Waals surface area contributed by atoms with E-state index >= 15 is 0 Å². The smallest absolute Gasteiger partial charge is 0.344 e. The van der Waals surface area contributed by atoms with Crippen LogP contribution in [-0.4, -0.2) is 21.9 Å². The summed E-state index contributed by atoms with van der Waals surface area (Å²) in [6.07, 6.45) is -1.64. The quantitative estimate of drug-likeness (QED) is 0.927.